The van der Waals surface area contributed by atoms with Crippen LogP contribution in [0.5, 0.6) is 0 Å². The summed E-state index contributed by atoms with van der Waals surface area (Å²) in [7, 11) is 0. The smallest absolute Gasteiger partial charge is 0.434 e. The van der Waals surface area contributed by atoms with Gasteiger partial charge in [0.25, 0.3) is 0 Å². The summed E-state index contributed by atoms with van der Waals surface area (Å²) in [5, 5.41) is 0. The predicted octanol–water partition coefficient (Wildman–Crippen LogP) is 2.13. The summed E-state index contributed by atoms with van der Waals surface area (Å²) in [6.07, 6.45) is -0.595. The Morgan fingerprint density at radius 3 is 2.45 bits per heavy atom. The Bertz CT molecular complexity index is 147. The highest BCUT2D eigenvalue weighted by atomic mass is 35.5. The molecule has 6 heteroatoms. The van der Waals surface area contributed by atoms with E-state index in [-0.39, 0.29) is 6.61 Å². The fourth-order valence-electron chi connectivity index (χ4n) is 0.305. The highest BCUT2D eigenvalue weighted by Gasteiger charge is 2.07. The molecule has 0 rings (SSSR count). The van der Waals surface area contributed by atoms with Crippen LogP contribution in [0.25, 0.3) is 0 Å². The number of ether oxygens (including phenoxy) is 2. The van der Waals surface area contributed by atoms with Crippen LogP contribution in [0, 0.1) is 0 Å². The molecule has 0 saturated heterocycles. The molecule has 0 fully saturated rings. The molecule has 0 aliphatic carbocycles. The van der Waals surface area contributed by atoms with Gasteiger partial charge in [0.2, 0.25) is 0 Å². The zero-order valence-corrected chi connectivity index (χ0v) is 7.02. The average molecular weight is 201 g/mol. The minimum Gasteiger partial charge on any atom is -0.434 e. The van der Waals surface area contributed by atoms with Crippen LogP contribution in [0.2, 0.25) is 0 Å². The molecule has 0 atom stereocenters. The van der Waals surface area contributed by atoms with E-state index < -0.39 is 11.6 Å². The van der Waals surface area contributed by atoms with Crippen molar-refractivity contribution in [2.45, 2.75) is 6.42 Å². The van der Waals surface area contributed by atoms with E-state index in [9.17, 15) is 9.59 Å². The number of rotatable bonds is 3. The van der Waals surface area contributed by atoms with E-state index in [4.69, 9.17) is 23.2 Å². The monoisotopic (exact) mass is 200 g/mol. The molecule has 0 aromatic carbocycles. The predicted molar refractivity (Wildman–Crippen MR) is 39.0 cm³/mol. The summed E-state index contributed by atoms with van der Waals surface area (Å²) < 4.78 is 8.16. The molecule has 11 heavy (non-hydrogen) atoms. The lowest BCUT2D eigenvalue weighted by Gasteiger charge is -1.99. The number of carbonyl (C=O) groups excluding carboxylic acids is 2. The normalized spacial score (nSPS) is 8.91. The van der Waals surface area contributed by atoms with Gasteiger partial charge in [0, 0.05) is 17.5 Å². The van der Waals surface area contributed by atoms with Gasteiger partial charge in [0.15, 0.2) is 0 Å². The lowest BCUT2D eigenvalue weighted by molar-refractivity contribution is 0.0832. The molecule has 0 radical (unpaired) electrons. The molecule has 0 aromatic heterocycles. The molecule has 0 N–H and O–H groups in total. The van der Waals surface area contributed by atoms with Gasteiger partial charge < -0.3 is 9.47 Å². The minimum absolute atomic E-state index is 0.118. The molecule has 0 unspecified atom stereocenters. The molecule has 0 saturated carbocycles. The number of hydrogen-bond acceptors (Lipinski definition) is 4. The van der Waals surface area contributed by atoms with Crippen LogP contribution in [0.15, 0.2) is 0 Å². The van der Waals surface area contributed by atoms with Crippen molar-refractivity contribution >= 4 is 34.8 Å². The zero-order valence-electron chi connectivity index (χ0n) is 5.51. The summed E-state index contributed by atoms with van der Waals surface area (Å²) in [5.41, 5.74) is -1.21. The average Bonchev–Trinajstić information content (AvgIpc) is 1.86. The Kier molecular flexibility index (Phi) is 5.97. The summed E-state index contributed by atoms with van der Waals surface area (Å²) in [6.45, 7) is 0.118. The Labute approximate surface area is 73.4 Å². The van der Waals surface area contributed by atoms with Crippen molar-refractivity contribution in [2.75, 3.05) is 12.5 Å². The van der Waals surface area contributed by atoms with Gasteiger partial charge >= 0.3 is 11.6 Å². The molecule has 4 nitrogen and oxygen atoms in total. The first kappa shape index (κ1) is 10.5. The van der Waals surface area contributed by atoms with Crippen LogP contribution < -0.4 is 0 Å². The second-order valence-electron chi connectivity index (χ2n) is 1.48. The van der Waals surface area contributed by atoms with Crippen molar-refractivity contribution in [1.82, 2.24) is 0 Å². The molecule has 0 aromatic rings. The molecule has 0 aliphatic rings. The first-order chi connectivity index (χ1) is 5.16. The van der Waals surface area contributed by atoms with E-state index in [2.05, 4.69) is 9.47 Å². The fourth-order valence-corrected chi connectivity index (χ4v) is 0.477. The van der Waals surface area contributed by atoms with Gasteiger partial charge in [-0.15, -0.1) is 11.6 Å². The van der Waals surface area contributed by atoms with E-state index in [1.165, 1.54) is 0 Å². The van der Waals surface area contributed by atoms with Crippen LogP contribution in [-0.2, 0) is 9.47 Å². The third-order valence-corrected chi connectivity index (χ3v) is 1.01. The van der Waals surface area contributed by atoms with Gasteiger partial charge in [-0.05, 0) is 6.42 Å². The molecule has 0 heterocycles. The number of alkyl halides is 1. The van der Waals surface area contributed by atoms with Crippen LogP contribution in [0.3, 0.4) is 0 Å². The number of carbonyl (C=O) groups is 2. The van der Waals surface area contributed by atoms with Gasteiger partial charge in [-0.3, -0.25) is 0 Å². The van der Waals surface area contributed by atoms with Crippen LogP contribution in [0.4, 0.5) is 9.59 Å². The molecule has 0 bridgehead atoms. The van der Waals surface area contributed by atoms with Crippen molar-refractivity contribution in [3.05, 3.63) is 0 Å². The Balaban J connectivity index is 3.30. The summed E-state index contributed by atoms with van der Waals surface area (Å²) in [4.78, 5) is 20.2. The molecular formula is C5H6Cl2O4. The zero-order chi connectivity index (χ0) is 8.69. The number of hydrogen-bond donors (Lipinski definition) is 0. The van der Waals surface area contributed by atoms with Crippen molar-refractivity contribution in [3.8, 4) is 0 Å². The largest absolute Gasteiger partial charge is 0.517 e. The van der Waals surface area contributed by atoms with Gasteiger partial charge in [-0.25, -0.2) is 9.59 Å². The molecule has 0 amide bonds. The van der Waals surface area contributed by atoms with E-state index in [1.807, 2.05) is 0 Å². The maximum atomic E-state index is 10.3. The second-order valence-corrected chi connectivity index (χ2v) is 2.17. The van der Waals surface area contributed by atoms with Crippen LogP contribution in [-0.4, -0.2) is 24.1 Å². The number of halogens is 2. The topological polar surface area (TPSA) is 52.6 Å². The summed E-state index contributed by atoms with van der Waals surface area (Å²) in [6, 6.07) is 0. The van der Waals surface area contributed by atoms with Gasteiger partial charge in [0.1, 0.15) is 0 Å². The minimum atomic E-state index is -1.21. The summed E-state index contributed by atoms with van der Waals surface area (Å²) in [5.74, 6) is 0.377. The van der Waals surface area contributed by atoms with Crippen LogP contribution >= 0.6 is 23.2 Å². The van der Waals surface area contributed by atoms with Gasteiger partial charge in [-0.2, -0.15) is 0 Å². The van der Waals surface area contributed by atoms with Crippen molar-refractivity contribution in [3.63, 3.8) is 0 Å². The van der Waals surface area contributed by atoms with Crippen LogP contribution in [0.1, 0.15) is 6.42 Å². The molecule has 64 valence electrons. The van der Waals surface area contributed by atoms with E-state index in [0.717, 1.165) is 0 Å². The third-order valence-electron chi connectivity index (χ3n) is 0.661. The van der Waals surface area contributed by atoms with E-state index in [1.54, 1.807) is 0 Å². The van der Waals surface area contributed by atoms with Gasteiger partial charge in [0.05, 0.1) is 6.61 Å². The second kappa shape index (κ2) is 6.24. The SMILES string of the molecule is O=C(Cl)OC(=O)OCCCCl. The highest BCUT2D eigenvalue weighted by molar-refractivity contribution is 6.61. The molecule has 0 aliphatic heterocycles. The maximum absolute atomic E-state index is 10.3. The third kappa shape index (κ3) is 7.42. The van der Waals surface area contributed by atoms with E-state index in [0.29, 0.717) is 12.3 Å². The van der Waals surface area contributed by atoms with Crippen molar-refractivity contribution < 1.29 is 19.1 Å². The van der Waals surface area contributed by atoms with Crippen molar-refractivity contribution in [1.29, 1.82) is 0 Å². The molecular weight excluding hydrogens is 195 g/mol. The van der Waals surface area contributed by atoms with Gasteiger partial charge in [-0.1, -0.05) is 0 Å². The molecule has 0 spiro atoms. The first-order valence-corrected chi connectivity index (χ1v) is 3.68. The Hall–Kier alpha value is -0.480. The quantitative estimate of drug-likeness (QED) is 0.230. The summed E-state index contributed by atoms with van der Waals surface area (Å²) >= 11 is 9.96. The first-order valence-electron chi connectivity index (χ1n) is 2.77. The van der Waals surface area contributed by atoms with Crippen molar-refractivity contribution in [2.24, 2.45) is 0 Å². The maximum Gasteiger partial charge on any atom is 0.517 e. The lowest BCUT2D eigenvalue weighted by atomic mass is 10.5. The highest BCUT2D eigenvalue weighted by Crippen LogP contribution is 1.93. The lowest BCUT2D eigenvalue weighted by Crippen LogP contribution is -2.09. The standard InChI is InChI=1S/C5H6Cl2O4/c6-2-1-3-10-5(9)11-4(7)8/h1-3H2. The Morgan fingerprint density at radius 2 is 2.00 bits per heavy atom. The Morgan fingerprint density at radius 1 is 1.36 bits per heavy atom. The van der Waals surface area contributed by atoms with E-state index >= 15 is 0 Å². The fraction of sp³-hybridized carbons (Fsp3) is 0.600.